The molecule has 3 aromatic rings. The van der Waals surface area contributed by atoms with Crippen LogP contribution < -0.4 is 9.47 Å². The average Bonchev–Trinajstić information content (AvgIpc) is 3.14. The molecule has 0 bridgehead atoms. The van der Waals surface area contributed by atoms with Crippen molar-refractivity contribution in [3.05, 3.63) is 60.4 Å². The molecule has 2 heterocycles. The third kappa shape index (κ3) is 2.81. The summed E-state index contributed by atoms with van der Waals surface area (Å²) in [6, 6.07) is 16.3. The summed E-state index contributed by atoms with van der Waals surface area (Å²) in [5.74, 6) is 0.636. The van der Waals surface area contributed by atoms with Crippen molar-refractivity contribution < 1.29 is 23.8 Å². The molecule has 1 aliphatic rings. The standard InChI is InChI=1S/C9H6O3.C7H6O2/c10-9(11)8-5-6-3-1-2-4-7(6)12-8;1-2-4-7-6(3-1)8-5-9-7/h1-5H,(H,10,11);1-4H,5H2. The zero-order valence-corrected chi connectivity index (χ0v) is 11.0. The second kappa shape index (κ2) is 5.58. The Kier molecular flexibility index (Phi) is 3.47. The van der Waals surface area contributed by atoms with E-state index in [-0.39, 0.29) is 5.76 Å². The molecule has 0 unspecified atom stereocenters. The number of hydrogen-bond acceptors (Lipinski definition) is 4. The van der Waals surface area contributed by atoms with Gasteiger partial charge in [0, 0.05) is 5.39 Å². The Morgan fingerprint density at radius 1 is 0.952 bits per heavy atom. The van der Waals surface area contributed by atoms with Gasteiger partial charge < -0.3 is 19.0 Å². The Morgan fingerprint density at radius 2 is 1.57 bits per heavy atom. The fourth-order valence-electron chi connectivity index (χ4n) is 1.93. The van der Waals surface area contributed by atoms with Gasteiger partial charge in [0.1, 0.15) is 5.58 Å². The quantitative estimate of drug-likeness (QED) is 0.740. The number of furan rings is 1. The van der Waals surface area contributed by atoms with Crippen LogP contribution in [0.25, 0.3) is 11.0 Å². The van der Waals surface area contributed by atoms with E-state index in [1.807, 2.05) is 36.4 Å². The van der Waals surface area contributed by atoms with Crippen LogP contribution in [-0.4, -0.2) is 17.9 Å². The van der Waals surface area contributed by atoms with Crippen LogP contribution >= 0.6 is 0 Å². The number of benzene rings is 2. The van der Waals surface area contributed by atoms with Crippen LogP contribution in [0.3, 0.4) is 0 Å². The molecule has 0 spiro atoms. The second-order valence-corrected chi connectivity index (χ2v) is 4.31. The summed E-state index contributed by atoms with van der Waals surface area (Å²) in [7, 11) is 0. The molecule has 0 fully saturated rings. The molecule has 0 saturated heterocycles. The number of aromatic carboxylic acids is 1. The molecule has 21 heavy (non-hydrogen) atoms. The van der Waals surface area contributed by atoms with E-state index in [1.54, 1.807) is 12.1 Å². The van der Waals surface area contributed by atoms with E-state index >= 15 is 0 Å². The maximum absolute atomic E-state index is 10.5. The Bertz CT molecular complexity index is 719. The van der Waals surface area contributed by atoms with E-state index in [9.17, 15) is 4.79 Å². The van der Waals surface area contributed by atoms with Crippen molar-refractivity contribution in [3.63, 3.8) is 0 Å². The SMILES string of the molecule is O=C(O)c1cc2ccccc2o1.c1ccc2c(c1)OCO2. The van der Waals surface area contributed by atoms with Gasteiger partial charge in [-0.1, -0.05) is 30.3 Å². The molecule has 5 nitrogen and oxygen atoms in total. The van der Waals surface area contributed by atoms with Gasteiger partial charge >= 0.3 is 5.97 Å². The summed E-state index contributed by atoms with van der Waals surface area (Å²) < 4.78 is 15.2. The Hall–Kier alpha value is -2.95. The maximum Gasteiger partial charge on any atom is 0.371 e. The molecule has 1 N–H and O–H groups in total. The van der Waals surface area contributed by atoms with Gasteiger partial charge in [-0.2, -0.15) is 0 Å². The van der Waals surface area contributed by atoms with Crippen molar-refractivity contribution in [1.29, 1.82) is 0 Å². The number of rotatable bonds is 1. The fraction of sp³-hybridized carbons (Fsp3) is 0.0625. The predicted molar refractivity (Wildman–Crippen MR) is 75.7 cm³/mol. The summed E-state index contributed by atoms with van der Waals surface area (Å²) in [4.78, 5) is 10.5. The summed E-state index contributed by atoms with van der Waals surface area (Å²) in [6.07, 6.45) is 0. The Labute approximate surface area is 120 Å². The number of fused-ring (bicyclic) bond motifs is 2. The second-order valence-electron chi connectivity index (χ2n) is 4.31. The van der Waals surface area contributed by atoms with Gasteiger partial charge in [-0.05, 0) is 24.3 Å². The Morgan fingerprint density at radius 3 is 2.19 bits per heavy atom. The van der Waals surface area contributed by atoms with E-state index in [1.165, 1.54) is 6.07 Å². The summed E-state index contributed by atoms with van der Waals surface area (Å²) in [5, 5.41) is 9.41. The molecule has 2 aromatic carbocycles. The first-order valence-electron chi connectivity index (χ1n) is 6.30. The number of carbonyl (C=O) groups is 1. The zero-order valence-electron chi connectivity index (χ0n) is 11.0. The molecule has 4 rings (SSSR count). The molecular formula is C16H12O5. The van der Waals surface area contributed by atoms with E-state index in [2.05, 4.69) is 0 Å². The number of ether oxygens (including phenoxy) is 2. The van der Waals surface area contributed by atoms with E-state index in [4.69, 9.17) is 19.0 Å². The normalized spacial score (nSPS) is 11.8. The van der Waals surface area contributed by atoms with Crippen molar-refractivity contribution in [3.8, 4) is 11.5 Å². The minimum absolute atomic E-state index is 0.0174. The molecule has 1 aliphatic heterocycles. The fourth-order valence-corrected chi connectivity index (χ4v) is 1.93. The van der Waals surface area contributed by atoms with Crippen LogP contribution in [0, 0.1) is 0 Å². The number of hydrogen-bond donors (Lipinski definition) is 1. The molecule has 1 aromatic heterocycles. The molecule has 0 amide bonds. The minimum Gasteiger partial charge on any atom is -0.475 e. The monoisotopic (exact) mass is 284 g/mol. The lowest BCUT2D eigenvalue weighted by Crippen LogP contribution is -1.92. The average molecular weight is 284 g/mol. The number of carboxylic acid groups (broad SMARTS) is 1. The van der Waals surface area contributed by atoms with Crippen molar-refractivity contribution in [1.82, 2.24) is 0 Å². The lowest BCUT2D eigenvalue weighted by atomic mass is 10.2. The lowest BCUT2D eigenvalue weighted by Gasteiger charge is -1.89. The first-order valence-corrected chi connectivity index (χ1v) is 6.30. The minimum atomic E-state index is -1.04. The van der Waals surface area contributed by atoms with Crippen molar-refractivity contribution in [2.45, 2.75) is 0 Å². The van der Waals surface area contributed by atoms with E-state index < -0.39 is 5.97 Å². The van der Waals surface area contributed by atoms with Gasteiger partial charge in [-0.15, -0.1) is 0 Å². The number of para-hydroxylation sites is 3. The van der Waals surface area contributed by atoms with Crippen molar-refractivity contribution in [2.75, 3.05) is 6.79 Å². The summed E-state index contributed by atoms with van der Waals surface area (Å²) in [5.41, 5.74) is 0.606. The van der Waals surface area contributed by atoms with Crippen LogP contribution in [0.4, 0.5) is 0 Å². The van der Waals surface area contributed by atoms with Gasteiger partial charge in [-0.3, -0.25) is 0 Å². The largest absolute Gasteiger partial charge is 0.475 e. The number of carboxylic acids is 1. The molecule has 5 heteroatoms. The van der Waals surface area contributed by atoms with Crippen molar-refractivity contribution >= 4 is 16.9 Å². The van der Waals surface area contributed by atoms with Gasteiger partial charge in [0.05, 0.1) is 0 Å². The van der Waals surface area contributed by atoms with Gasteiger partial charge in [0.15, 0.2) is 11.5 Å². The highest BCUT2D eigenvalue weighted by molar-refractivity contribution is 5.91. The van der Waals surface area contributed by atoms with Crippen molar-refractivity contribution in [2.24, 2.45) is 0 Å². The van der Waals surface area contributed by atoms with Gasteiger partial charge in [-0.25, -0.2) is 4.79 Å². The van der Waals surface area contributed by atoms with Crippen LogP contribution in [0.5, 0.6) is 11.5 Å². The molecule has 0 atom stereocenters. The third-order valence-electron chi connectivity index (χ3n) is 2.91. The maximum atomic E-state index is 10.5. The van der Waals surface area contributed by atoms with E-state index in [0.717, 1.165) is 16.9 Å². The predicted octanol–water partition coefficient (Wildman–Crippen LogP) is 3.55. The summed E-state index contributed by atoms with van der Waals surface area (Å²) in [6.45, 7) is 0.360. The molecule has 106 valence electrons. The third-order valence-corrected chi connectivity index (χ3v) is 2.91. The topological polar surface area (TPSA) is 68.9 Å². The Balaban J connectivity index is 0.000000131. The molecule has 0 radical (unpaired) electrons. The van der Waals surface area contributed by atoms with Gasteiger partial charge in [0.25, 0.3) is 0 Å². The van der Waals surface area contributed by atoms with Crippen LogP contribution in [0.15, 0.2) is 59.0 Å². The molecular weight excluding hydrogens is 272 g/mol. The van der Waals surface area contributed by atoms with Gasteiger partial charge in [0.2, 0.25) is 12.6 Å². The highest BCUT2D eigenvalue weighted by atomic mass is 16.7. The lowest BCUT2D eigenvalue weighted by molar-refractivity contribution is 0.0665. The first-order chi connectivity index (χ1) is 10.2. The van der Waals surface area contributed by atoms with Crippen LogP contribution in [-0.2, 0) is 0 Å². The molecule has 0 saturated carbocycles. The first kappa shape index (κ1) is 13.1. The highest BCUT2D eigenvalue weighted by Gasteiger charge is 2.09. The van der Waals surface area contributed by atoms with Crippen LogP contribution in [0.1, 0.15) is 10.6 Å². The zero-order chi connectivity index (χ0) is 14.7. The summed E-state index contributed by atoms with van der Waals surface area (Å²) >= 11 is 0. The van der Waals surface area contributed by atoms with E-state index in [0.29, 0.717) is 12.4 Å². The molecule has 0 aliphatic carbocycles. The smallest absolute Gasteiger partial charge is 0.371 e. The highest BCUT2D eigenvalue weighted by Crippen LogP contribution is 2.30. The van der Waals surface area contributed by atoms with Crippen LogP contribution in [0.2, 0.25) is 0 Å².